The average Bonchev–Trinajstić information content (AvgIpc) is 2.72. The summed E-state index contributed by atoms with van der Waals surface area (Å²) in [7, 11) is -2.24. The van der Waals surface area contributed by atoms with Crippen LogP contribution in [-0.2, 0) is 10.0 Å². The van der Waals surface area contributed by atoms with Gasteiger partial charge in [-0.15, -0.1) is 0 Å². The first-order valence-corrected chi connectivity index (χ1v) is 10.3. The number of amides is 1. The number of methoxy groups -OCH3 is 1. The molecule has 1 amide bonds. The van der Waals surface area contributed by atoms with Gasteiger partial charge in [0.15, 0.2) is 0 Å². The van der Waals surface area contributed by atoms with Crippen LogP contribution in [0, 0.1) is 11.8 Å². The normalized spacial score (nSPS) is 10.7. The van der Waals surface area contributed by atoms with Gasteiger partial charge >= 0.3 is 0 Å². The number of carbonyl (C=O) groups excluding carboxylic acids is 1. The second-order valence-corrected chi connectivity index (χ2v) is 7.96. The minimum atomic E-state index is -3.82. The first kappa shape index (κ1) is 20.9. The highest BCUT2D eigenvalue weighted by atomic mass is 32.2. The second kappa shape index (κ2) is 8.29. The molecule has 0 radical (unpaired) electrons. The molecule has 0 aliphatic rings. The van der Waals surface area contributed by atoms with Crippen molar-refractivity contribution in [2.24, 2.45) is 10.9 Å². The smallest absolute Gasteiger partial charge is 0.250 e. The van der Waals surface area contributed by atoms with Crippen LogP contribution in [0.2, 0.25) is 0 Å². The Hall–Kier alpha value is -3.80. The van der Waals surface area contributed by atoms with Gasteiger partial charge in [-0.25, -0.2) is 13.6 Å². The molecule has 152 valence electrons. The van der Waals surface area contributed by atoms with Crippen LogP contribution in [0.1, 0.15) is 21.5 Å². The molecule has 0 saturated carbocycles. The van der Waals surface area contributed by atoms with Crippen LogP contribution in [0.5, 0.6) is 5.75 Å². The number of rotatable bonds is 4. The maximum absolute atomic E-state index is 11.9. The van der Waals surface area contributed by atoms with Crippen molar-refractivity contribution in [3.63, 3.8) is 0 Å². The van der Waals surface area contributed by atoms with Crippen molar-refractivity contribution in [1.82, 2.24) is 0 Å². The Morgan fingerprint density at radius 3 is 2.07 bits per heavy atom. The fraction of sp³-hybridized carbons (Fsp3) is 0.0455. The Morgan fingerprint density at radius 1 is 0.933 bits per heavy atom. The van der Waals surface area contributed by atoms with E-state index in [4.69, 9.17) is 21.3 Å². The van der Waals surface area contributed by atoms with E-state index in [0.717, 1.165) is 5.56 Å². The van der Waals surface area contributed by atoms with Gasteiger partial charge in [0.25, 0.3) is 5.91 Å². The van der Waals surface area contributed by atoms with E-state index in [-0.39, 0.29) is 16.1 Å². The maximum Gasteiger partial charge on any atom is 0.250 e. The molecule has 0 atom stereocenters. The fourth-order valence-corrected chi connectivity index (χ4v) is 3.33. The Kier molecular flexibility index (Phi) is 5.78. The number of ether oxygens (including phenoxy) is 1. The molecule has 0 aromatic heterocycles. The van der Waals surface area contributed by atoms with Gasteiger partial charge in [-0.2, -0.15) is 0 Å². The van der Waals surface area contributed by atoms with E-state index in [1.165, 1.54) is 18.2 Å². The van der Waals surface area contributed by atoms with Crippen molar-refractivity contribution >= 4 is 21.6 Å². The van der Waals surface area contributed by atoms with Gasteiger partial charge in [-0.05, 0) is 54.1 Å². The number of hydrogen-bond donors (Lipinski definition) is 3. The maximum atomic E-state index is 11.9. The van der Waals surface area contributed by atoms with Crippen LogP contribution in [0.3, 0.4) is 0 Å². The summed E-state index contributed by atoms with van der Waals surface area (Å²) in [5, 5.41) is 5.14. The fourth-order valence-electron chi connectivity index (χ4n) is 2.81. The number of nitrogen functional groups attached to an aromatic ring is 1. The summed E-state index contributed by atoms with van der Waals surface area (Å²) < 4.78 is 28.1. The zero-order chi connectivity index (χ0) is 21.9. The van der Waals surface area contributed by atoms with Crippen LogP contribution < -0.4 is 21.3 Å². The number of carbonyl (C=O) groups is 1. The predicted molar refractivity (Wildman–Crippen MR) is 115 cm³/mol. The molecule has 0 bridgehead atoms. The zero-order valence-electron chi connectivity index (χ0n) is 16.0. The average molecular weight is 421 g/mol. The summed E-state index contributed by atoms with van der Waals surface area (Å²) in [6.45, 7) is 0. The number of benzene rings is 3. The minimum Gasteiger partial charge on any atom is -0.497 e. The molecule has 0 spiro atoms. The van der Waals surface area contributed by atoms with E-state index >= 15 is 0 Å². The SMILES string of the molecule is COc1ccc(C#Cc2cc(C(N)=O)c(N)c(-c3ccc(S(N)(=O)=O)cc3)c2)cc1. The first-order chi connectivity index (χ1) is 14.2. The van der Waals surface area contributed by atoms with Crippen molar-refractivity contribution < 1.29 is 17.9 Å². The number of anilines is 1. The zero-order valence-corrected chi connectivity index (χ0v) is 16.9. The molecule has 0 saturated heterocycles. The molecule has 0 aliphatic carbocycles. The highest BCUT2D eigenvalue weighted by Gasteiger charge is 2.14. The minimum absolute atomic E-state index is 0.0320. The Morgan fingerprint density at radius 2 is 1.53 bits per heavy atom. The van der Waals surface area contributed by atoms with Crippen LogP contribution in [0.15, 0.2) is 65.6 Å². The number of nitrogens with two attached hydrogens (primary N) is 3. The van der Waals surface area contributed by atoms with Crippen molar-refractivity contribution in [1.29, 1.82) is 0 Å². The lowest BCUT2D eigenvalue weighted by molar-refractivity contribution is 0.100. The number of primary sulfonamides is 1. The molecule has 3 rings (SSSR count). The molecule has 30 heavy (non-hydrogen) atoms. The molecule has 3 aromatic rings. The summed E-state index contributed by atoms with van der Waals surface area (Å²) in [5.41, 5.74) is 14.3. The van der Waals surface area contributed by atoms with Crippen molar-refractivity contribution in [2.45, 2.75) is 4.90 Å². The van der Waals surface area contributed by atoms with E-state index in [2.05, 4.69) is 11.8 Å². The van der Waals surface area contributed by atoms with E-state index < -0.39 is 15.9 Å². The Bertz CT molecular complexity index is 1270. The van der Waals surface area contributed by atoms with Gasteiger partial charge in [-0.3, -0.25) is 4.79 Å². The third kappa shape index (κ3) is 4.60. The highest BCUT2D eigenvalue weighted by Crippen LogP contribution is 2.31. The summed E-state index contributed by atoms with van der Waals surface area (Å²) in [6, 6.07) is 16.3. The largest absolute Gasteiger partial charge is 0.497 e. The van der Waals surface area contributed by atoms with E-state index in [0.29, 0.717) is 22.4 Å². The van der Waals surface area contributed by atoms with Gasteiger partial charge < -0.3 is 16.2 Å². The van der Waals surface area contributed by atoms with Crippen LogP contribution in [0.4, 0.5) is 5.69 Å². The van der Waals surface area contributed by atoms with Gasteiger partial charge in [0.1, 0.15) is 5.75 Å². The first-order valence-electron chi connectivity index (χ1n) is 8.71. The van der Waals surface area contributed by atoms with Gasteiger partial charge in [0.2, 0.25) is 10.0 Å². The lowest BCUT2D eigenvalue weighted by atomic mass is 9.97. The van der Waals surface area contributed by atoms with Crippen molar-refractivity contribution in [2.75, 3.05) is 12.8 Å². The van der Waals surface area contributed by atoms with E-state index in [1.54, 1.807) is 37.4 Å². The molecule has 3 aromatic carbocycles. The molecular weight excluding hydrogens is 402 g/mol. The number of hydrogen-bond acceptors (Lipinski definition) is 5. The predicted octanol–water partition coefficient (Wildman–Crippen LogP) is 2.09. The number of primary amides is 1. The summed E-state index contributed by atoms with van der Waals surface area (Å²) in [6.07, 6.45) is 0. The molecule has 0 heterocycles. The van der Waals surface area contributed by atoms with Gasteiger partial charge in [0, 0.05) is 16.7 Å². The van der Waals surface area contributed by atoms with Crippen LogP contribution >= 0.6 is 0 Å². The lowest BCUT2D eigenvalue weighted by Crippen LogP contribution is -2.14. The number of sulfonamides is 1. The Labute approximate surface area is 174 Å². The van der Waals surface area contributed by atoms with Crippen molar-refractivity contribution in [3.05, 3.63) is 77.4 Å². The third-order valence-corrected chi connectivity index (χ3v) is 5.31. The summed E-state index contributed by atoms with van der Waals surface area (Å²) in [5.74, 6) is 6.03. The standard InChI is InChI=1S/C22H19N3O4S/c1-29-17-8-4-14(5-9-17)2-3-15-12-19(21(23)20(13-15)22(24)26)16-6-10-18(11-7-16)30(25,27)28/h4-13H,23H2,1H3,(H2,24,26)(H2,25,27,28). The second-order valence-electron chi connectivity index (χ2n) is 6.40. The quantitative estimate of drug-likeness (QED) is 0.437. The third-order valence-electron chi connectivity index (χ3n) is 4.38. The molecule has 7 nitrogen and oxygen atoms in total. The topological polar surface area (TPSA) is 138 Å². The van der Waals surface area contributed by atoms with Crippen molar-refractivity contribution in [3.8, 4) is 28.7 Å². The summed E-state index contributed by atoms with van der Waals surface area (Å²) >= 11 is 0. The molecule has 0 unspecified atom stereocenters. The Balaban J connectivity index is 2.07. The van der Waals surface area contributed by atoms with Crippen LogP contribution in [0.25, 0.3) is 11.1 Å². The summed E-state index contributed by atoms with van der Waals surface area (Å²) in [4.78, 5) is 11.8. The molecule has 6 N–H and O–H groups in total. The molecule has 0 aliphatic heterocycles. The van der Waals surface area contributed by atoms with E-state index in [9.17, 15) is 13.2 Å². The van der Waals surface area contributed by atoms with Gasteiger partial charge in [-0.1, -0.05) is 24.0 Å². The van der Waals surface area contributed by atoms with Gasteiger partial charge in [0.05, 0.1) is 23.3 Å². The van der Waals surface area contributed by atoms with Crippen LogP contribution in [-0.4, -0.2) is 21.4 Å². The monoisotopic (exact) mass is 421 g/mol. The van der Waals surface area contributed by atoms with E-state index in [1.807, 2.05) is 12.1 Å². The lowest BCUT2D eigenvalue weighted by Gasteiger charge is -2.11. The molecule has 8 heteroatoms. The highest BCUT2D eigenvalue weighted by molar-refractivity contribution is 7.89. The molecular formula is C22H19N3O4S. The molecule has 0 fully saturated rings.